The van der Waals surface area contributed by atoms with Crippen molar-refractivity contribution in [2.45, 2.75) is 44.9 Å². The Bertz CT molecular complexity index is 4540. The Labute approximate surface area is 414 Å². The van der Waals surface area contributed by atoms with E-state index in [1.807, 2.05) is 6.07 Å². The fourth-order valence-electron chi connectivity index (χ4n) is 13.7. The summed E-state index contributed by atoms with van der Waals surface area (Å²) in [7, 11) is 0. The SMILES string of the molecule is CC1C=CC2(C)C3=C1C(C)c1c(n(c4ccc(-n5c6ccccc6c6cc(-n7c8ccccc8c8ccccc87)ccc65)cc14)-c1cccc4c1oc1c(cccc14)-c1nc(-c4ccccc4)nc2n1)C3C. The lowest BCUT2D eigenvalue weighted by atomic mass is 9.60. The fraction of sp³-hybridized carbons (Fsp3) is 0.123. The minimum Gasteiger partial charge on any atom is -0.453 e. The third-order valence-electron chi connectivity index (χ3n) is 16.7. The van der Waals surface area contributed by atoms with E-state index in [-0.39, 0.29) is 17.8 Å². The first-order valence-electron chi connectivity index (χ1n) is 25.2. The van der Waals surface area contributed by atoms with Gasteiger partial charge in [-0.05, 0) is 90.7 Å². The second-order valence-corrected chi connectivity index (χ2v) is 20.5. The van der Waals surface area contributed by atoms with Crippen LogP contribution in [0, 0.1) is 5.92 Å². The molecule has 72 heavy (non-hydrogen) atoms. The van der Waals surface area contributed by atoms with Crippen molar-refractivity contribution in [2.24, 2.45) is 5.92 Å². The van der Waals surface area contributed by atoms with Crippen LogP contribution in [0.5, 0.6) is 0 Å². The molecule has 8 aromatic carbocycles. The molecule has 6 heterocycles. The van der Waals surface area contributed by atoms with Crippen molar-refractivity contribution in [3.05, 3.63) is 216 Å². The molecule has 0 N–H and O–H groups in total. The highest BCUT2D eigenvalue weighted by Crippen LogP contribution is 2.58. The van der Waals surface area contributed by atoms with Gasteiger partial charge in [-0.1, -0.05) is 148 Å². The second kappa shape index (κ2) is 14.2. The molecule has 7 heteroatoms. The quantitative estimate of drug-likeness (QED) is 0.166. The smallest absolute Gasteiger partial charge is 0.167 e. The van der Waals surface area contributed by atoms with Gasteiger partial charge < -0.3 is 18.1 Å². The normalized spacial score (nSPS) is 19.2. The molecule has 3 aliphatic rings. The Morgan fingerprint density at radius 2 is 1.03 bits per heavy atom. The van der Waals surface area contributed by atoms with E-state index in [9.17, 15) is 0 Å². The molecule has 1 aliphatic heterocycles. The van der Waals surface area contributed by atoms with Gasteiger partial charge in [-0.3, -0.25) is 0 Å². The van der Waals surface area contributed by atoms with Crippen LogP contribution in [0.15, 0.2) is 204 Å². The van der Waals surface area contributed by atoms with Gasteiger partial charge in [0.2, 0.25) is 0 Å². The third-order valence-corrected chi connectivity index (χ3v) is 16.7. The van der Waals surface area contributed by atoms with Gasteiger partial charge in [0, 0.05) is 72.2 Å². The van der Waals surface area contributed by atoms with Gasteiger partial charge in [0.25, 0.3) is 0 Å². The number of benzene rings is 8. The summed E-state index contributed by atoms with van der Waals surface area (Å²) in [5.74, 6) is 2.28. The molecule has 0 spiro atoms. The summed E-state index contributed by atoms with van der Waals surface area (Å²) in [6.45, 7) is 9.55. The molecule has 0 saturated heterocycles. The topological polar surface area (TPSA) is 66.6 Å². The van der Waals surface area contributed by atoms with E-state index >= 15 is 0 Å². The summed E-state index contributed by atoms with van der Waals surface area (Å²) >= 11 is 0. The molecular weight excluding hydrogens is 881 g/mol. The lowest BCUT2D eigenvalue weighted by Gasteiger charge is -2.44. The second-order valence-electron chi connectivity index (χ2n) is 20.5. The van der Waals surface area contributed by atoms with E-state index in [1.54, 1.807) is 0 Å². The molecule has 5 aromatic heterocycles. The number of nitrogens with zero attached hydrogens (tertiary/aromatic N) is 6. The molecule has 16 rings (SSSR count). The Balaban J connectivity index is 0.977. The zero-order valence-corrected chi connectivity index (χ0v) is 40.2. The van der Waals surface area contributed by atoms with Crippen LogP contribution in [0.2, 0.25) is 0 Å². The van der Waals surface area contributed by atoms with Crippen LogP contribution in [0.3, 0.4) is 0 Å². The van der Waals surface area contributed by atoms with E-state index in [0.29, 0.717) is 11.6 Å². The number of fused-ring (bicyclic) bond motifs is 15. The van der Waals surface area contributed by atoms with E-state index in [0.717, 1.165) is 61.5 Å². The van der Waals surface area contributed by atoms with Crippen molar-refractivity contribution >= 4 is 76.5 Å². The summed E-state index contributed by atoms with van der Waals surface area (Å²) in [5, 5.41) is 8.31. The first-order chi connectivity index (χ1) is 35.3. The Hall–Kier alpha value is -8.81. The van der Waals surface area contributed by atoms with Crippen molar-refractivity contribution in [3.63, 3.8) is 0 Å². The number of rotatable bonds is 3. The zero-order chi connectivity index (χ0) is 47.7. The van der Waals surface area contributed by atoms with Crippen molar-refractivity contribution in [2.75, 3.05) is 0 Å². The van der Waals surface area contributed by atoms with E-state index in [1.165, 1.54) is 71.4 Å². The van der Waals surface area contributed by atoms with Crippen LogP contribution in [-0.4, -0.2) is 28.7 Å². The maximum absolute atomic E-state index is 7.23. The lowest BCUT2D eigenvalue weighted by Crippen LogP contribution is -2.37. The number of furan rings is 1. The maximum Gasteiger partial charge on any atom is 0.167 e. The van der Waals surface area contributed by atoms with Crippen molar-refractivity contribution in [3.8, 4) is 39.8 Å². The molecule has 4 unspecified atom stereocenters. The molecule has 4 atom stereocenters. The highest BCUT2D eigenvalue weighted by atomic mass is 16.3. The monoisotopic (exact) mass is 926 g/mol. The third kappa shape index (κ3) is 5.11. The largest absolute Gasteiger partial charge is 0.453 e. The lowest BCUT2D eigenvalue weighted by molar-refractivity contribution is 0.512. The highest BCUT2D eigenvalue weighted by Gasteiger charge is 2.47. The minimum atomic E-state index is -0.636. The first-order valence-corrected chi connectivity index (χ1v) is 25.2. The van der Waals surface area contributed by atoms with E-state index in [4.69, 9.17) is 19.4 Å². The molecule has 7 nitrogen and oxygen atoms in total. The van der Waals surface area contributed by atoms with Gasteiger partial charge in [-0.15, -0.1) is 0 Å². The van der Waals surface area contributed by atoms with Crippen molar-refractivity contribution in [1.82, 2.24) is 28.7 Å². The van der Waals surface area contributed by atoms with Crippen LogP contribution in [0.4, 0.5) is 0 Å². The van der Waals surface area contributed by atoms with Crippen LogP contribution < -0.4 is 0 Å². The molecule has 0 radical (unpaired) electrons. The van der Waals surface area contributed by atoms with Crippen LogP contribution in [0.1, 0.15) is 56.6 Å². The van der Waals surface area contributed by atoms with Gasteiger partial charge in [-0.2, -0.15) is 0 Å². The Morgan fingerprint density at radius 1 is 0.472 bits per heavy atom. The van der Waals surface area contributed by atoms with Crippen LogP contribution >= 0.6 is 0 Å². The molecule has 0 saturated carbocycles. The number of allylic oxidation sites excluding steroid dienone is 4. The summed E-state index contributed by atoms with van der Waals surface area (Å²) in [6, 6.07) is 63.9. The van der Waals surface area contributed by atoms with Crippen molar-refractivity contribution < 1.29 is 4.42 Å². The first kappa shape index (κ1) is 40.0. The van der Waals surface area contributed by atoms with Gasteiger partial charge in [0.15, 0.2) is 17.2 Å². The van der Waals surface area contributed by atoms with Crippen LogP contribution in [-0.2, 0) is 5.41 Å². The molecule has 0 amide bonds. The predicted molar refractivity (Wildman–Crippen MR) is 293 cm³/mol. The molecule has 6 bridgehead atoms. The average Bonchev–Trinajstić information content (AvgIpc) is 4.17. The zero-order valence-electron chi connectivity index (χ0n) is 40.2. The predicted octanol–water partition coefficient (Wildman–Crippen LogP) is 16.2. The summed E-state index contributed by atoms with van der Waals surface area (Å²) in [5.41, 5.74) is 17.5. The Morgan fingerprint density at radius 3 is 1.72 bits per heavy atom. The molecule has 342 valence electrons. The number of para-hydroxylation sites is 5. The van der Waals surface area contributed by atoms with Crippen LogP contribution in [0.25, 0.3) is 116 Å². The molecule has 13 aromatic rings. The highest BCUT2D eigenvalue weighted by molar-refractivity contribution is 6.14. The summed E-state index contributed by atoms with van der Waals surface area (Å²) in [4.78, 5) is 16.2. The van der Waals surface area contributed by atoms with E-state index in [2.05, 4.69) is 223 Å². The summed E-state index contributed by atoms with van der Waals surface area (Å²) in [6.07, 6.45) is 4.77. The number of aromatic nitrogens is 6. The van der Waals surface area contributed by atoms with Gasteiger partial charge >= 0.3 is 0 Å². The molecule has 0 fully saturated rings. The summed E-state index contributed by atoms with van der Waals surface area (Å²) < 4.78 is 14.7. The standard InChI is InChI=1S/C65H46N6O/c1-36-32-33-65(4)58-38(3)59-57(37(2)56(36)58)49-35-41(70-52-26-13-10-20-44(52)48-34-40(28-30-53(48)70)69-50-24-11-8-18-42(50)43-19-9-12-25-51(43)69)29-31-54(49)71(59)55-27-15-22-46-45-21-14-23-47(60(45)72-61(46)55)63-66-62(67-64(65)68-63)39-16-6-5-7-17-39/h5-38H,1-4H3. The molecular formula is C65H46N6O. The fourth-order valence-corrected chi connectivity index (χ4v) is 13.7. The average molecular weight is 927 g/mol. The van der Waals surface area contributed by atoms with Gasteiger partial charge in [-0.25, -0.2) is 15.0 Å². The minimum absolute atomic E-state index is 0.0138. The van der Waals surface area contributed by atoms with E-state index < -0.39 is 5.41 Å². The van der Waals surface area contributed by atoms with Gasteiger partial charge in [0.1, 0.15) is 11.4 Å². The van der Waals surface area contributed by atoms with Gasteiger partial charge in [0.05, 0.1) is 44.2 Å². The number of hydrogen-bond donors (Lipinski definition) is 0. The Kier molecular flexibility index (Phi) is 7.87. The molecule has 2 aliphatic carbocycles. The maximum atomic E-state index is 7.23. The van der Waals surface area contributed by atoms with Crippen molar-refractivity contribution in [1.29, 1.82) is 0 Å². The number of hydrogen-bond acceptors (Lipinski definition) is 4.